The third kappa shape index (κ3) is 4.44. The first-order valence-electron chi connectivity index (χ1n) is 7.05. The summed E-state index contributed by atoms with van der Waals surface area (Å²) in [5.41, 5.74) is 0.953. The van der Waals surface area contributed by atoms with E-state index in [-0.39, 0.29) is 5.82 Å². The predicted molar refractivity (Wildman–Crippen MR) is 78.0 cm³/mol. The molecule has 1 unspecified atom stereocenters. The molecule has 2 nitrogen and oxygen atoms in total. The summed E-state index contributed by atoms with van der Waals surface area (Å²) in [6.45, 7) is 6.30. The number of nitrogens with one attached hydrogen (secondary N) is 1. The third-order valence-corrected chi connectivity index (χ3v) is 4.14. The highest BCUT2D eigenvalue weighted by molar-refractivity contribution is 6.31. The van der Waals surface area contributed by atoms with Crippen LogP contribution in [0.2, 0.25) is 5.02 Å². The summed E-state index contributed by atoms with van der Waals surface area (Å²) in [5, 5.41) is 3.91. The fourth-order valence-corrected chi connectivity index (χ4v) is 2.80. The Labute approximate surface area is 119 Å². The Hall–Kier alpha value is -0.640. The minimum absolute atomic E-state index is 0.282. The maximum absolute atomic E-state index is 12.9. The second kappa shape index (κ2) is 7.22. The molecule has 1 atom stereocenters. The fraction of sp³-hybridized carbons (Fsp3) is 0.600. The van der Waals surface area contributed by atoms with Gasteiger partial charge in [-0.2, -0.15) is 0 Å². The number of piperidine rings is 1. The van der Waals surface area contributed by atoms with Gasteiger partial charge in [0.2, 0.25) is 0 Å². The van der Waals surface area contributed by atoms with E-state index in [9.17, 15) is 4.39 Å². The molecule has 0 radical (unpaired) electrons. The van der Waals surface area contributed by atoms with Gasteiger partial charge in [-0.3, -0.25) is 4.90 Å². The molecule has 0 bridgehead atoms. The van der Waals surface area contributed by atoms with Gasteiger partial charge in [-0.1, -0.05) is 24.1 Å². The summed E-state index contributed by atoms with van der Waals surface area (Å²) >= 11 is 6.00. The number of hydrogen-bond acceptors (Lipinski definition) is 2. The predicted octanol–water partition coefficient (Wildman–Crippen LogP) is 3.44. The zero-order valence-electron chi connectivity index (χ0n) is 11.5. The van der Waals surface area contributed by atoms with Crippen molar-refractivity contribution in [3.8, 4) is 0 Å². The Morgan fingerprint density at radius 2 is 2.05 bits per heavy atom. The van der Waals surface area contributed by atoms with Crippen molar-refractivity contribution in [3.05, 3.63) is 34.6 Å². The Balaban J connectivity index is 1.76. The average Bonchev–Trinajstić information content (AvgIpc) is 2.42. The van der Waals surface area contributed by atoms with Gasteiger partial charge in [-0.05, 0) is 50.6 Å². The SMILES string of the molecule is CC(CNCc1ccc(F)cc1Cl)N1CCCCC1. The summed E-state index contributed by atoms with van der Waals surface area (Å²) in [7, 11) is 0. The maximum Gasteiger partial charge on any atom is 0.124 e. The van der Waals surface area contributed by atoms with Crippen molar-refractivity contribution < 1.29 is 4.39 Å². The van der Waals surface area contributed by atoms with E-state index in [2.05, 4.69) is 17.1 Å². The highest BCUT2D eigenvalue weighted by Gasteiger charge is 2.16. The van der Waals surface area contributed by atoms with Gasteiger partial charge >= 0.3 is 0 Å². The molecule has 1 saturated heterocycles. The maximum atomic E-state index is 12.9. The van der Waals surface area contributed by atoms with Gasteiger partial charge < -0.3 is 5.32 Å². The molecule has 1 heterocycles. The quantitative estimate of drug-likeness (QED) is 0.891. The van der Waals surface area contributed by atoms with Crippen LogP contribution in [-0.2, 0) is 6.54 Å². The summed E-state index contributed by atoms with van der Waals surface area (Å²) in [6.07, 6.45) is 3.99. The highest BCUT2D eigenvalue weighted by atomic mass is 35.5. The normalized spacial score (nSPS) is 18.5. The second-order valence-corrected chi connectivity index (χ2v) is 5.72. The molecule has 1 aromatic rings. The summed E-state index contributed by atoms with van der Waals surface area (Å²) in [6, 6.07) is 5.11. The fourth-order valence-electron chi connectivity index (χ4n) is 2.57. The number of rotatable bonds is 5. The molecule has 0 saturated carbocycles. The zero-order valence-corrected chi connectivity index (χ0v) is 12.2. The van der Waals surface area contributed by atoms with Crippen molar-refractivity contribution in [1.82, 2.24) is 10.2 Å². The van der Waals surface area contributed by atoms with Crippen LogP contribution in [0.1, 0.15) is 31.7 Å². The van der Waals surface area contributed by atoms with E-state index in [1.807, 2.05) is 0 Å². The summed E-state index contributed by atoms with van der Waals surface area (Å²) in [5.74, 6) is -0.282. The van der Waals surface area contributed by atoms with Gasteiger partial charge in [0.15, 0.2) is 0 Å². The smallest absolute Gasteiger partial charge is 0.124 e. The minimum atomic E-state index is -0.282. The van der Waals surface area contributed by atoms with E-state index in [4.69, 9.17) is 11.6 Å². The second-order valence-electron chi connectivity index (χ2n) is 5.31. The summed E-state index contributed by atoms with van der Waals surface area (Å²) in [4.78, 5) is 2.53. The molecule has 0 aliphatic carbocycles. The van der Waals surface area contributed by atoms with Gasteiger partial charge in [0.1, 0.15) is 5.82 Å². The molecule has 19 heavy (non-hydrogen) atoms. The van der Waals surface area contributed by atoms with Crippen molar-refractivity contribution in [1.29, 1.82) is 0 Å². The number of hydrogen-bond donors (Lipinski definition) is 1. The molecule has 1 N–H and O–H groups in total. The Morgan fingerprint density at radius 3 is 2.74 bits per heavy atom. The molecule has 0 aromatic heterocycles. The van der Waals surface area contributed by atoms with Gasteiger partial charge in [0.25, 0.3) is 0 Å². The van der Waals surface area contributed by atoms with Crippen molar-refractivity contribution >= 4 is 11.6 Å². The van der Waals surface area contributed by atoms with Crippen molar-refractivity contribution in [2.75, 3.05) is 19.6 Å². The van der Waals surface area contributed by atoms with Crippen LogP contribution in [0, 0.1) is 5.82 Å². The first-order chi connectivity index (χ1) is 9.16. The van der Waals surface area contributed by atoms with Gasteiger partial charge in [0.05, 0.1) is 0 Å². The van der Waals surface area contributed by atoms with E-state index in [0.717, 1.165) is 12.1 Å². The molecule has 106 valence electrons. The molecule has 0 amide bonds. The van der Waals surface area contributed by atoms with Crippen molar-refractivity contribution in [3.63, 3.8) is 0 Å². The summed E-state index contributed by atoms with van der Waals surface area (Å²) < 4.78 is 12.9. The Kier molecular flexibility index (Phi) is 5.61. The molecule has 1 aromatic carbocycles. The molecule has 4 heteroatoms. The Morgan fingerprint density at radius 1 is 1.32 bits per heavy atom. The molecular formula is C15H22ClFN2. The van der Waals surface area contributed by atoms with Gasteiger partial charge in [-0.25, -0.2) is 4.39 Å². The number of halogens is 2. The van der Waals surface area contributed by atoms with Crippen LogP contribution in [-0.4, -0.2) is 30.6 Å². The molecule has 1 aliphatic heterocycles. The largest absolute Gasteiger partial charge is 0.311 e. The minimum Gasteiger partial charge on any atom is -0.311 e. The molecular weight excluding hydrogens is 263 g/mol. The van der Waals surface area contributed by atoms with Crippen LogP contribution in [0.25, 0.3) is 0 Å². The van der Waals surface area contributed by atoms with Crippen molar-refractivity contribution in [2.45, 2.75) is 38.8 Å². The lowest BCUT2D eigenvalue weighted by Gasteiger charge is -2.32. The van der Waals surface area contributed by atoms with E-state index in [1.165, 1.54) is 44.5 Å². The average molecular weight is 285 g/mol. The Bertz CT molecular complexity index is 405. The van der Waals surface area contributed by atoms with Gasteiger partial charge in [-0.15, -0.1) is 0 Å². The van der Waals surface area contributed by atoms with Crippen LogP contribution in [0.15, 0.2) is 18.2 Å². The molecule has 0 spiro atoms. The van der Waals surface area contributed by atoms with E-state index >= 15 is 0 Å². The van der Waals surface area contributed by atoms with Crippen LogP contribution in [0.5, 0.6) is 0 Å². The monoisotopic (exact) mass is 284 g/mol. The lowest BCUT2D eigenvalue weighted by molar-refractivity contribution is 0.170. The highest BCUT2D eigenvalue weighted by Crippen LogP contribution is 2.17. The van der Waals surface area contributed by atoms with Crippen LogP contribution in [0.4, 0.5) is 4.39 Å². The number of likely N-dealkylation sites (tertiary alicyclic amines) is 1. The molecule has 1 aliphatic rings. The van der Waals surface area contributed by atoms with E-state index < -0.39 is 0 Å². The van der Waals surface area contributed by atoms with Crippen LogP contribution in [0.3, 0.4) is 0 Å². The van der Waals surface area contributed by atoms with E-state index in [0.29, 0.717) is 17.6 Å². The standard InChI is InChI=1S/C15H22ClFN2/c1-12(19-7-3-2-4-8-19)10-18-11-13-5-6-14(17)9-15(13)16/h5-6,9,12,18H,2-4,7-8,10-11H2,1H3. The lowest BCUT2D eigenvalue weighted by atomic mass is 10.1. The number of nitrogens with zero attached hydrogens (tertiary/aromatic N) is 1. The topological polar surface area (TPSA) is 15.3 Å². The van der Waals surface area contributed by atoms with Crippen LogP contribution >= 0.6 is 11.6 Å². The van der Waals surface area contributed by atoms with Crippen LogP contribution < -0.4 is 5.32 Å². The molecule has 2 rings (SSSR count). The van der Waals surface area contributed by atoms with Gasteiger partial charge in [0, 0.05) is 24.2 Å². The van der Waals surface area contributed by atoms with E-state index in [1.54, 1.807) is 6.07 Å². The lowest BCUT2D eigenvalue weighted by Crippen LogP contribution is -2.42. The number of benzene rings is 1. The zero-order chi connectivity index (χ0) is 13.7. The third-order valence-electron chi connectivity index (χ3n) is 3.78. The molecule has 1 fully saturated rings. The first kappa shape index (κ1) is 14.8. The van der Waals surface area contributed by atoms with Crippen molar-refractivity contribution in [2.24, 2.45) is 0 Å². The first-order valence-corrected chi connectivity index (χ1v) is 7.43.